The van der Waals surface area contributed by atoms with Crippen molar-refractivity contribution in [2.45, 2.75) is 19.4 Å². The van der Waals surface area contributed by atoms with Gasteiger partial charge in [-0.25, -0.2) is 13.2 Å². The normalized spacial score (nSPS) is 11.7. The highest BCUT2D eigenvalue weighted by molar-refractivity contribution is 6.30. The van der Waals surface area contributed by atoms with Gasteiger partial charge in [-0.15, -0.1) is 0 Å². The predicted octanol–water partition coefficient (Wildman–Crippen LogP) is 3.96. The predicted molar refractivity (Wildman–Crippen MR) is 87.6 cm³/mol. The van der Waals surface area contributed by atoms with Crippen molar-refractivity contribution in [3.63, 3.8) is 0 Å². The summed E-state index contributed by atoms with van der Waals surface area (Å²) < 4.78 is 39.8. The minimum atomic E-state index is -1.67. The van der Waals surface area contributed by atoms with E-state index in [0.29, 0.717) is 16.7 Å². The second-order valence-electron chi connectivity index (χ2n) is 5.28. The summed E-state index contributed by atoms with van der Waals surface area (Å²) in [5.41, 5.74) is 0.0835. The maximum absolute atomic E-state index is 13.6. The van der Waals surface area contributed by atoms with Crippen molar-refractivity contribution in [3.05, 3.63) is 64.4 Å². The van der Waals surface area contributed by atoms with E-state index in [1.165, 1.54) is 6.92 Å². The molecule has 2 amide bonds. The molecule has 0 heterocycles. The van der Waals surface area contributed by atoms with E-state index in [2.05, 4.69) is 10.6 Å². The van der Waals surface area contributed by atoms with Gasteiger partial charge in [0.2, 0.25) is 11.8 Å². The van der Waals surface area contributed by atoms with E-state index in [9.17, 15) is 22.8 Å². The number of carbonyl (C=O) groups is 2. The van der Waals surface area contributed by atoms with Crippen molar-refractivity contribution in [1.29, 1.82) is 0 Å². The lowest BCUT2D eigenvalue weighted by atomic mass is 10.0. The van der Waals surface area contributed by atoms with Crippen LogP contribution in [0.2, 0.25) is 5.02 Å². The SMILES string of the molecule is CC(=O)NC(CC(=O)Nc1ccc(F)c(F)c1F)c1cccc(Cl)c1. The third-order valence-electron chi connectivity index (χ3n) is 3.33. The molecule has 0 radical (unpaired) electrons. The van der Waals surface area contributed by atoms with E-state index in [1.807, 2.05) is 0 Å². The summed E-state index contributed by atoms with van der Waals surface area (Å²) in [6.45, 7) is 1.28. The maximum Gasteiger partial charge on any atom is 0.226 e. The Labute approximate surface area is 147 Å². The second kappa shape index (κ2) is 8.02. The fourth-order valence-corrected chi connectivity index (χ4v) is 2.43. The Morgan fingerprint density at radius 1 is 1.12 bits per heavy atom. The summed E-state index contributed by atoms with van der Waals surface area (Å²) in [5.74, 6) is -5.59. The fourth-order valence-electron chi connectivity index (χ4n) is 2.23. The van der Waals surface area contributed by atoms with Crippen LogP contribution in [0.15, 0.2) is 36.4 Å². The molecule has 1 unspecified atom stereocenters. The maximum atomic E-state index is 13.6. The van der Waals surface area contributed by atoms with Crippen LogP contribution in [0.1, 0.15) is 24.9 Å². The molecule has 0 spiro atoms. The molecule has 0 bridgehead atoms. The van der Waals surface area contributed by atoms with Crippen LogP contribution in [0.25, 0.3) is 0 Å². The highest BCUT2D eigenvalue weighted by atomic mass is 35.5. The summed E-state index contributed by atoms with van der Waals surface area (Å²) in [7, 11) is 0. The zero-order chi connectivity index (χ0) is 18.6. The summed E-state index contributed by atoms with van der Waals surface area (Å²) in [5, 5.41) is 5.17. The summed E-state index contributed by atoms with van der Waals surface area (Å²) >= 11 is 5.90. The molecule has 0 aliphatic carbocycles. The van der Waals surface area contributed by atoms with Crippen molar-refractivity contribution in [1.82, 2.24) is 5.32 Å². The minimum absolute atomic E-state index is 0.252. The molecule has 4 nitrogen and oxygen atoms in total. The first-order chi connectivity index (χ1) is 11.8. The van der Waals surface area contributed by atoms with Gasteiger partial charge in [-0.1, -0.05) is 23.7 Å². The van der Waals surface area contributed by atoms with Crippen molar-refractivity contribution in [2.75, 3.05) is 5.32 Å². The monoisotopic (exact) mass is 370 g/mol. The Morgan fingerprint density at radius 2 is 1.84 bits per heavy atom. The Morgan fingerprint density at radius 3 is 2.48 bits per heavy atom. The van der Waals surface area contributed by atoms with Gasteiger partial charge in [0.05, 0.1) is 18.2 Å². The Hall–Kier alpha value is -2.54. The van der Waals surface area contributed by atoms with E-state index in [-0.39, 0.29) is 12.3 Å². The topological polar surface area (TPSA) is 58.2 Å². The summed E-state index contributed by atoms with van der Waals surface area (Å²) in [6.07, 6.45) is -0.252. The first-order valence-corrected chi connectivity index (χ1v) is 7.61. The van der Waals surface area contributed by atoms with Crippen LogP contribution in [0.5, 0.6) is 0 Å². The molecule has 0 aliphatic rings. The number of nitrogens with one attached hydrogen (secondary N) is 2. The molecule has 8 heteroatoms. The van der Waals surface area contributed by atoms with Crippen molar-refractivity contribution in [2.24, 2.45) is 0 Å². The van der Waals surface area contributed by atoms with E-state index in [1.54, 1.807) is 24.3 Å². The van der Waals surface area contributed by atoms with Crippen LogP contribution in [0, 0.1) is 17.5 Å². The van der Waals surface area contributed by atoms with Gasteiger partial charge in [0.15, 0.2) is 17.5 Å². The molecule has 25 heavy (non-hydrogen) atoms. The number of rotatable bonds is 5. The van der Waals surface area contributed by atoms with Crippen LogP contribution in [0.4, 0.5) is 18.9 Å². The molecule has 2 N–H and O–H groups in total. The second-order valence-corrected chi connectivity index (χ2v) is 5.72. The smallest absolute Gasteiger partial charge is 0.226 e. The average Bonchev–Trinajstić information content (AvgIpc) is 2.54. The van der Waals surface area contributed by atoms with Gasteiger partial charge >= 0.3 is 0 Å². The lowest BCUT2D eigenvalue weighted by molar-refractivity contribution is -0.120. The van der Waals surface area contributed by atoms with Crippen molar-refractivity contribution >= 4 is 29.1 Å². The van der Waals surface area contributed by atoms with Crippen molar-refractivity contribution in [3.8, 4) is 0 Å². The molecular weight excluding hydrogens is 357 g/mol. The van der Waals surface area contributed by atoms with Gasteiger partial charge in [-0.2, -0.15) is 0 Å². The number of anilines is 1. The molecule has 132 valence electrons. The zero-order valence-corrected chi connectivity index (χ0v) is 13.8. The molecule has 2 aromatic rings. The lowest BCUT2D eigenvalue weighted by Gasteiger charge is -2.18. The highest BCUT2D eigenvalue weighted by Gasteiger charge is 2.20. The molecule has 0 saturated carbocycles. The van der Waals surface area contributed by atoms with Gasteiger partial charge in [0.1, 0.15) is 0 Å². The van der Waals surface area contributed by atoms with Crippen LogP contribution < -0.4 is 10.6 Å². The number of carbonyl (C=O) groups excluding carboxylic acids is 2. The molecular formula is C17H14ClF3N2O2. The van der Waals surface area contributed by atoms with Gasteiger partial charge in [-0.05, 0) is 29.8 Å². The van der Waals surface area contributed by atoms with E-state index in [4.69, 9.17) is 11.6 Å². The number of benzene rings is 2. The first-order valence-electron chi connectivity index (χ1n) is 7.24. The fraction of sp³-hybridized carbons (Fsp3) is 0.176. The molecule has 0 aliphatic heterocycles. The number of halogens is 4. The highest BCUT2D eigenvalue weighted by Crippen LogP contribution is 2.23. The third-order valence-corrected chi connectivity index (χ3v) is 3.56. The summed E-state index contributed by atoms with van der Waals surface area (Å²) in [6, 6.07) is 7.43. The minimum Gasteiger partial charge on any atom is -0.349 e. The van der Waals surface area contributed by atoms with Crippen LogP contribution in [0.3, 0.4) is 0 Å². The molecule has 2 aromatic carbocycles. The molecule has 0 saturated heterocycles. The number of amides is 2. The van der Waals surface area contributed by atoms with E-state index in [0.717, 1.165) is 6.07 Å². The van der Waals surface area contributed by atoms with Gasteiger partial charge < -0.3 is 10.6 Å². The van der Waals surface area contributed by atoms with Crippen molar-refractivity contribution < 1.29 is 22.8 Å². The molecule has 0 aromatic heterocycles. The van der Waals surface area contributed by atoms with Crippen LogP contribution in [-0.4, -0.2) is 11.8 Å². The summed E-state index contributed by atoms with van der Waals surface area (Å²) in [4.78, 5) is 23.5. The molecule has 1 atom stereocenters. The molecule has 0 fully saturated rings. The Balaban J connectivity index is 2.17. The Bertz CT molecular complexity index is 814. The number of hydrogen-bond acceptors (Lipinski definition) is 2. The van der Waals surface area contributed by atoms with E-state index < -0.39 is 35.1 Å². The average molecular weight is 371 g/mol. The third kappa shape index (κ3) is 4.96. The zero-order valence-electron chi connectivity index (χ0n) is 13.1. The standard InChI is InChI=1S/C17H14ClF3N2O2/c1-9(24)22-14(10-3-2-4-11(18)7-10)8-15(25)23-13-6-5-12(19)16(20)17(13)21/h2-7,14H,8H2,1H3,(H,22,24)(H,23,25). The van der Waals surface area contributed by atoms with Crippen LogP contribution in [-0.2, 0) is 9.59 Å². The van der Waals surface area contributed by atoms with Gasteiger partial charge in [-0.3, -0.25) is 9.59 Å². The number of hydrogen-bond donors (Lipinski definition) is 2. The van der Waals surface area contributed by atoms with Crippen LogP contribution >= 0.6 is 11.6 Å². The van der Waals surface area contributed by atoms with Gasteiger partial charge in [0.25, 0.3) is 0 Å². The first kappa shape index (κ1) is 18.8. The largest absolute Gasteiger partial charge is 0.349 e. The Kier molecular flexibility index (Phi) is 6.03. The molecule has 2 rings (SSSR count). The quantitative estimate of drug-likeness (QED) is 0.783. The lowest BCUT2D eigenvalue weighted by Crippen LogP contribution is -2.30. The van der Waals surface area contributed by atoms with E-state index >= 15 is 0 Å². The van der Waals surface area contributed by atoms with Gasteiger partial charge in [0, 0.05) is 11.9 Å².